The molecule has 2 N–H and O–H groups in total. The minimum absolute atomic E-state index is 0.639. The van der Waals surface area contributed by atoms with Crippen molar-refractivity contribution in [1.82, 2.24) is 20.0 Å². The van der Waals surface area contributed by atoms with Crippen LogP contribution in [0.1, 0.15) is 12.1 Å². The van der Waals surface area contributed by atoms with Gasteiger partial charge in [0.25, 0.3) is 0 Å². The molecule has 24 heavy (non-hydrogen) atoms. The van der Waals surface area contributed by atoms with E-state index in [1.807, 2.05) is 28.8 Å². The minimum atomic E-state index is 0.639. The highest BCUT2D eigenvalue weighted by atomic mass is 16.5. The molecule has 2 aromatic rings. The van der Waals surface area contributed by atoms with Gasteiger partial charge in [-0.1, -0.05) is 6.07 Å². The van der Waals surface area contributed by atoms with Crippen LogP contribution >= 0.6 is 0 Å². The van der Waals surface area contributed by atoms with Crippen molar-refractivity contribution in [2.75, 3.05) is 47.1 Å². The second-order valence-corrected chi connectivity index (χ2v) is 5.33. The summed E-state index contributed by atoms with van der Waals surface area (Å²) in [5.41, 5.74) is 2.04. The Hall–Kier alpha value is -2.12. The number of hydrogen-bond acceptors (Lipinski definition) is 4. The van der Waals surface area contributed by atoms with Crippen molar-refractivity contribution in [3.05, 3.63) is 36.3 Å². The van der Waals surface area contributed by atoms with Crippen LogP contribution in [-0.4, -0.2) is 62.4 Å². The molecule has 7 nitrogen and oxygen atoms in total. The molecule has 0 saturated heterocycles. The summed E-state index contributed by atoms with van der Waals surface area (Å²) in [4.78, 5) is 8.80. The summed E-state index contributed by atoms with van der Waals surface area (Å²) in [6.07, 6.45) is 5.85. The Labute approximate surface area is 143 Å². The maximum absolute atomic E-state index is 5.42. The van der Waals surface area contributed by atoms with Gasteiger partial charge in [-0.3, -0.25) is 4.99 Å². The SMILES string of the molecule is CN=C(NCCCOCCOC)NCCc1cn2ccccc2n1. The van der Waals surface area contributed by atoms with Crippen molar-refractivity contribution >= 4 is 11.6 Å². The number of aromatic nitrogens is 2. The van der Waals surface area contributed by atoms with Gasteiger partial charge in [0.2, 0.25) is 0 Å². The lowest BCUT2D eigenvalue weighted by Gasteiger charge is -2.11. The normalized spacial score (nSPS) is 11.8. The van der Waals surface area contributed by atoms with Gasteiger partial charge in [-0.2, -0.15) is 0 Å². The fourth-order valence-electron chi connectivity index (χ4n) is 2.26. The van der Waals surface area contributed by atoms with Crippen LogP contribution in [0.2, 0.25) is 0 Å². The highest BCUT2D eigenvalue weighted by Crippen LogP contribution is 2.04. The first kappa shape index (κ1) is 18.2. The average Bonchev–Trinajstić information content (AvgIpc) is 3.02. The number of nitrogens with one attached hydrogen (secondary N) is 2. The van der Waals surface area contributed by atoms with E-state index in [0.717, 1.165) is 43.2 Å². The molecule has 0 unspecified atom stereocenters. The highest BCUT2D eigenvalue weighted by Gasteiger charge is 2.02. The molecular formula is C17H27N5O2. The van der Waals surface area contributed by atoms with E-state index in [9.17, 15) is 0 Å². The number of pyridine rings is 1. The van der Waals surface area contributed by atoms with Gasteiger partial charge in [-0.05, 0) is 18.6 Å². The second-order valence-electron chi connectivity index (χ2n) is 5.33. The number of guanidine groups is 1. The number of aliphatic imine (C=N–C) groups is 1. The van der Waals surface area contributed by atoms with E-state index in [0.29, 0.717) is 19.8 Å². The summed E-state index contributed by atoms with van der Waals surface area (Å²) < 4.78 is 12.4. The number of methoxy groups -OCH3 is 1. The van der Waals surface area contributed by atoms with Gasteiger partial charge in [0.15, 0.2) is 5.96 Å². The molecule has 0 aliphatic rings. The third-order valence-electron chi connectivity index (χ3n) is 3.50. The Morgan fingerprint density at radius 3 is 2.88 bits per heavy atom. The lowest BCUT2D eigenvalue weighted by molar-refractivity contribution is 0.0698. The standard InChI is InChI=1S/C17H27N5O2/c1-18-17(19-8-5-11-24-13-12-23-2)20-9-7-15-14-22-10-4-3-6-16(22)21-15/h3-4,6,10,14H,5,7-9,11-13H2,1-2H3,(H2,18,19,20). The molecule has 2 aromatic heterocycles. The van der Waals surface area contributed by atoms with E-state index in [1.165, 1.54) is 0 Å². The zero-order valence-electron chi connectivity index (χ0n) is 14.5. The maximum atomic E-state index is 5.42. The van der Waals surface area contributed by atoms with Gasteiger partial charge in [0.05, 0.1) is 18.9 Å². The minimum Gasteiger partial charge on any atom is -0.382 e. The first-order valence-corrected chi connectivity index (χ1v) is 8.27. The molecule has 0 bridgehead atoms. The Morgan fingerprint density at radius 2 is 2.08 bits per heavy atom. The molecule has 0 fully saturated rings. The monoisotopic (exact) mass is 333 g/mol. The maximum Gasteiger partial charge on any atom is 0.190 e. The number of fused-ring (bicyclic) bond motifs is 1. The summed E-state index contributed by atoms with van der Waals surface area (Å²) >= 11 is 0. The van der Waals surface area contributed by atoms with Crippen molar-refractivity contribution in [3.63, 3.8) is 0 Å². The second kappa shape index (κ2) is 10.6. The van der Waals surface area contributed by atoms with Crippen LogP contribution in [0.4, 0.5) is 0 Å². The predicted molar refractivity (Wildman–Crippen MR) is 95.6 cm³/mol. The van der Waals surface area contributed by atoms with E-state index in [-0.39, 0.29) is 0 Å². The molecule has 0 amide bonds. The van der Waals surface area contributed by atoms with Crippen LogP contribution in [0.5, 0.6) is 0 Å². The fourth-order valence-corrected chi connectivity index (χ4v) is 2.26. The third kappa shape index (κ3) is 6.17. The largest absolute Gasteiger partial charge is 0.382 e. The van der Waals surface area contributed by atoms with Gasteiger partial charge >= 0.3 is 0 Å². The summed E-state index contributed by atoms with van der Waals surface area (Å²) in [5, 5.41) is 6.58. The number of nitrogens with zero attached hydrogens (tertiary/aromatic N) is 3. The molecule has 2 rings (SSSR count). The zero-order chi connectivity index (χ0) is 17.0. The van der Waals surface area contributed by atoms with Crippen LogP contribution in [0.25, 0.3) is 5.65 Å². The van der Waals surface area contributed by atoms with Crippen LogP contribution in [0.15, 0.2) is 35.6 Å². The van der Waals surface area contributed by atoms with Crippen LogP contribution in [0, 0.1) is 0 Å². The Kier molecular flexibility index (Phi) is 8.06. The number of ether oxygens (including phenoxy) is 2. The van der Waals surface area contributed by atoms with E-state index in [4.69, 9.17) is 9.47 Å². The first-order chi connectivity index (χ1) is 11.8. The van der Waals surface area contributed by atoms with Crippen LogP contribution in [-0.2, 0) is 15.9 Å². The lowest BCUT2D eigenvalue weighted by atomic mass is 10.3. The van der Waals surface area contributed by atoms with Crippen molar-refractivity contribution < 1.29 is 9.47 Å². The number of rotatable bonds is 10. The third-order valence-corrected chi connectivity index (χ3v) is 3.50. The molecule has 0 aliphatic carbocycles. The summed E-state index contributed by atoms with van der Waals surface area (Å²) in [7, 11) is 3.45. The summed E-state index contributed by atoms with van der Waals surface area (Å²) in [6.45, 7) is 3.60. The molecule has 0 spiro atoms. The van der Waals surface area contributed by atoms with Crippen molar-refractivity contribution in [3.8, 4) is 0 Å². The van der Waals surface area contributed by atoms with Gasteiger partial charge in [-0.25, -0.2) is 4.98 Å². The molecule has 0 radical (unpaired) electrons. The number of hydrogen-bond donors (Lipinski definition) is 2. The zero-order valence-corrected chi connectivity index (χ0v) is 14.5. The van der Waals surface area contributed by atoms with Crippen LogP contribution < -0.4 is 10.6 Å². The highest BCUT2D eigenvalue weighted by molar-refractivity contribution is 5.79. The topological polar surface area (TPSA) is 72.2 Å². The molecule has 132 valence electrons. The lowest BCUT2D eigenvalue weighted by Crippen LogP contribution is -2.39. The predicted octanol–water partition coefficient (Wildman–Crippen LogP) is 1.09. The van der Waals surface area contributed by atoms with Gasteiger partial charge in [0.1, 0.15) is 5.65 Å². The Balaban J connectivity index is 1.61. The smallest absolute Gasteiger partial charge is 0.190 e. The summed E-state index contributed by atoms with van der Waals surface area (Å²) in [6, 6.07) is 6.00. The Bertz CT molecular complexity index is 593. The molecule has 0 atom stereocenters. The van der Waals surface area contributed by atoms with Gasteiger partial charge < -0.3 is 24.5 Å². The quantitative estimate of drug-likeness (QED) is 0.387. The molecular weight excluding hydrogens is 306 g/mol. The van der Waals surface area contributed by atoms with E-state index in [1.54, 1.807) is 14.2 Å². The summed E-state index contributed by atoms with van der Waals surface area (Å²) in [5.74, 6) is 0.802. The van der Waals surface area contributed by atoms with E-state index < -0.39 is 0 Å². The van der Waals surface area contributed by atoms with Crippen LogP contribution in [0.3, 0.4) is 0 Å². The first-order valence-electron chi connectivity index (χ1n) is 8.27. The molecule has 0 saturated carbocycles. The van der Waals surface area contributed by atoms with E-state index in [2.05, 4.69) is 26.8 Å². The fraction of sp³-hybridized carbons (Fsp3) is 0.529. The van der Waals surface area contributed by atoms with E-state index >= 15 is 0 Å². The molecule has 2 heterocycles. The molecule has 0 aliphatic heterocycles. The van der Waals surface area contributed by atoms with Crippen molar-refractivity contribution in [1.29, 1.82) is 0 Å². The Morgan fingerprint density at radius 1 is 1.21 bits per heavy atom. The van der Waals surface area contributed by atoms with Crippen molar-refractivity contribution in [2.24, 2.45) is 4.99 Å². The molecule has 0 aromatic carbocycles. The number of imidazole rings is 1. The average molecular weight is 333 g/mol. The van der Waals surface area contributed by atoms with Gasteiger partial charge in [0, 0.05) is 52.7 Å². The van der Waals surface area contributed by atoms with Gasteiger partial charge in [-0.15, -0.1) is 0 Å². The van der Waals surface area contributed by atoms with Crippen molar-refractivity contribution in [2.45, 2.75) is 12.8 Å². The molecule has 7 heteroatoms.